The number of hydrogen-bond donors (Lipinski definition) is 6. The highest BCUT2D eigenvalue weighted by molar-refractivity contribution is 7.91. The second-order valence-electron chi connectivity index (χ2n) is 15.3. The summed E-state index contributed by atoms with van der Waals surface area (Å²) in [5.74, 6) is -4.21. The largest absolute Gasteiger partial charge is 0.417 e. The van der Waals surface area contributed by atoms with E-state index in [2.05, 4.69) is 26.6 Å². The van der Waals surface area contributed by atoms with Crippen molar-refractivity contribution in [2.75, 3.05) is 74.4 Å². The fourth-order valence-electron chi connectivity index (χ4n) is 6.81. The molecule has 0 bridgehead atoms. The smallest absolute Gasteiger partial charge is 0.385 e. The Bertz CT molecular complexity index is 2440. The first kappa shape index (κ1) is 50.5. The third-order valence-electron chi connectivity index (χ3n) is 10.2. The van der Waals surface area contributed by atoms with Gasteiger partial charge in [0.05, 0.1) is 73.9 Å². The number of aliphatic hydroxyl groups is 1. The minimum atomic E-state index is -4.90. The van der Waals surface area contributed by atoms with Gasteiger partial charge in [0.15, 0.2) is 15.4 Å². The number of nitrogens with zero attached hydrogens (tertiary/aromatic N) is 2. The molecule has 354 valence electrons. The number of hydrogen-bond acceptors (Lipinski definition) is 14. The van der Waals surface area contributed by atoms with Crippen molar-refractivity contribution in [3.05, 3.63) is 82.9 Å². The second kappa shape index (κ2) is 22.6. The molecule has 19 nitrogen and oxygen atoms in total. The number of halogens is 3. The quantitative estimate of drug-likeness (QED) is 0.0589. The number of nitrogens with one attached hydrogen (secondary N) is 5. The Labute approximate surface area is 377 Å². The zero-order valence-corrected chi connectivity index (χ0v) is 36.4. The van der Waals surface area contributed by atoms with Gasteiger partial charge in [0, 0.05) is 60.7 Å². The maximum Gasteiger partial charge on any atom is 0.417 e. The van der Waals surface area contributed by atoms with E-state index in [0.717, 1.165) is 19.1 Å². The maximum absolute atomic E-state index is 13.3. The molecule has 0 spiro atoms. The van der Waals surface area contributed by atoms with E-state index >= 15 is 0 Å². The molecule has 3 aromatic rings. The summed E-state index contributed by atoms with van der Waals surface area (Å²) in [6.07, 6.45) is -4.41. The fourth-order valence-corrected chi connectivity index (χ4v) is 8.40. The average Bonchev–Trinajstić information content (AvgIpc) is 3.59. The average molecular weight is 944 g/mol. The first-order valence-corrected chi connectivity index (χ1v) is 22.2. The normalized spacial score (nSPS) is 15.8. The minimum absolute atomic E-state index is 0.0474. The summed E-state index contributed by atoms with van der Waals surface area (Å²) < 4.78 is 82.4. The lowest BCUT2D eigenvalue weighted by Crippen LogP contribution is -2.52. The summed E-state index contributed by atoms with van der Waals surface area (Å²) >= 11 is 0. The highest BCUT2D eigenvalue weighted by Crippen LogP contribution is 2.34. The fraction of sp³-hybridized carbons (Fsp3) is 0.419. The third-order valence-corrected chi connectivity index (χ3v) is 12.1. The van der Waals surface area contributed by atoms with Crippen LogP contribution in [-0.4, -0.2) is 124 Å². The van der Waals surface area contributed by atoms with Crippen LogP contribution in [-0.2, 0) is 60.7 Å². The van der Waals surface area contributed by atoms with Gasteiger partial charge in [0.2, 0.25) is 23.6 Å². The summed E-state index contributed by atoms with van der Waals surface area (Å²) in [4.78, 5) is 75.6. The van der Waals surface area contributed by atoms with E-state index in [4.69, 9.17) is 19.5 Å². The number of ether oxygens (including phenoxy) is 3. The summed E-state index contributed by atoms with van der Waals surface area (Å²) in [6, 6.07) is 13.2. The standard InChI is InChI=1S/C43H48F3N7O12S/c1-42(60,41(59)50-29-6-5-27(24-47)33(23-29)43(44,45)46)26-66(61,62)30-9-7-28(8-10-30)48-15-13-36(54)49-16-18-64-20-22-65-21-19-63-17-14-38(56)51-34-4-2-3-31-32(34)25-53(40(31)58)35-11-12-37(55)52-39(35)57/h2-10,23,35,48,60H,11-22,25-26H2,1H3,(H,49,54)(H,50,59)(H,51,56)(H,52,55,57). The van der Waals surface area contributed by atoms with Crippen molar-refractivity contribution in [3.63, 3.8) is 0 Å². The Hall–Kier alpha value is -6.45. The number of amides is 6. The zero-order valence-electron chi connectivity index (χ0n) is 35.6. The zero-order chi connectivity index (χ0) is 48.1. The van der Waals surface area contributed by atoms with E-state index in [0.29, 0.717) is 28.6 Å². The van der Waals surface area contributed by atoms with Crippen LogP contribution in [0.15, 0.2) is 65.6 Å². The van der Waals surface area contributed by atoms with Gasteiger partial charge in [0.1, 0.15) is 6.04 Å². The third kappa shape index (κ3) is 14.0. The van der Waals surface area contributed by atoms with E-state index in [-0.39, 0.29) is 113 Å². The molecule has 0 aliphatic carbocycles. The lowest BCUT2D eigenvalue weighted by molar-refractivity contribution is -0.138. The molecule has 5 rings (SSSR count). The monoisotopic (exact) mass is 943 g/mol. The van der Waals surface area contributed by atoms with Crippen LogP contribution in [0.5, 0.6) is 0 Å². The molecule has 0 radical (unpaired) electrons. The highest BCUT2D eigenvalue weighted by Gasteiger charge is 2.41. The Balaban J connectivity index is 0.882. The maximum atomic E-state index is 13.3. The number of piperidine rings is 1. The van der Waals surface area contributed by atoms with Gasteiger partial charge in [-0.1, -0.05) is 6.07 Å². The Morgan fingerprint density at radius 3 is 2.21 bits per heavy atom. The molecule has 1 fully saturated rings. The molecule has 0 aromatic heterocycles. The van der Waals surface area contributed by atoms with Gasteiger partial charge in [-0.05, 0) is 67.9 Å². The van der Waals surface area contributed by atoms with Crippen LogP contribution in [0.2, 0.25) is 0 Å². The summed E-state index contributed by atoms with van der Waals surface area (Å²) in [5.41, 5.74) is -3.03. The van der Waals surface area contributed by atoms with Gasteiger partial charge in [-0.15, -0.1) is 0 Å². The van der Waals surface area contributed by atoms with Crippen LogP contribution in [0, 0.1) is 11.3 Å². The SMILES string of the molecule is CC(O)(CS(=O)(=O)c1ccc(NCCC(=O)NCCOCCOCCOCCC(=O)Nc2cccc3c2CN(C2CCC(=O)NC2=O)C3=O)cc1)C(=O)Nc1ccc(C#N)c(C(F)(F)F)c1. The summed E-state index contributed by atoms with van der Waals surface area (Å²) in [7, 11) is -4.28. The summed E-state index contributed by atoms with van der Waals surface area (Å²) in [6.45, 7) is 2.81. The van der Waals surface area contributed by atoms with E-state index in [1.165, 1.54) is 35.2 Å². The number of carbonyl (C=O) groups excluding carboxylic acids is 6. The number of imide groups is 1. The molecule has 0 saturated carbocycles. The predicted molar refractivity (Wildman–Crippen MR) is 228 cm³/mol. The van der Waals surface area contributed by atoms with Crippen molar-refractivity contribution in [2.24, 2.45) is 0 Å². The van der Waals surface area contributed by atoms with Gasteiger partial charge < -0.3 is 45.5 Å². The van der Waals surface area contributed by atoms with Crippen molar-refractivity contribution in [3.8, 4) is 6.07 Å². The number of sulfone groups is 1. The molecular weight excluding hydrogens is 896 g/mol. The van der Waals surface area contributed by atoms with Crippen molar-refractivity contribution in [1.29, 1.82) is 5.26 Å². The number of benzene rings is 3. The van der Waals surface area contributed by atoms with E-state index in [9.17, 15) is 55.5 Å². The first-order chi connectivity index (χ1) is 31.3. The van der Waals surface area contributed by atoms with Crippen LogP contribution in [0.1, 0.15) is 59.7 Å². The van der Waals surface area contributed by atoms with E-state index in [1.54, 1.807) is 18.2 Å². The lowest BCUT2D eigenvalue weighted by Gasteiger charge is -2.29. The van der Waals surface area contributed by atoms with Crippen molar-refractivity contribution in [2.45, 2.75) is 61.9 Å². The topological polar surface area (TPSA) is 272 Å². The van der Waals surface area contributed by atoms with Crippen LogP contribution < -0.4 is 26.6 Å². The number of alkyl halides is 3. The van der Waals surface area contributed by atoms with Crippen molar-refractivity contribution < 1.29 is 69.7 Å². The Morgan fingerprint density at radius 1 is 0.879 bits per heavy atom. The molecular formula is C43H48F3N7O12S. The van der Waals surface area contributed by atoms with Gasteiger partial charge in [-0.3, -0.25) is 34.1 Å². The molecule has 2 atom stereocenters. The molecule has 2 aliphatic rings. The molecule has 3 aromatic carbocycles. The van der Waals surface area contributed by atoms with E-state index < -0.39 is 62.0 Å². The second-order valence-corrected chi connectivity index (χ2v) is 17.3. The molecule has 6 amide bonds. The Morgan fingerprint density at radius 2 is 1.55 bits per heavy atom. The predicted octanol–water partition coefficient (Wildman–Crippen LogP) is 2.50. The molecule has 2 unspecified atom stereocenters. The number of anilines is 3. The minimum Gasteiger partial charge on any atom is -0.385 e. The van der Waals surface area contributed by atoms with Crippen LogP contribution in [0.25, 0.3) is 0 Å². The molecule has 2 heterocycles. The molecule has 6 N–H and O–H groups in total. The van der Waals surface area contributed by atoms with Crippen LogP contribution >= 0.6 is 0 Å². The summed E-state index contributed by atoms with van der Waals surface area (Å²) in [5, 5.41) is 32.5. The van der Waals surface area contributed by atoms with Crippen molar-refractivity contribution >= 4 is 62.3 Å². The van der Waals surface area contributed by atoms with Crippen molar-refractivity contribution in [1.82, 2.24) is 15.5 Å². The van der Waals surface area contributed by atoms with E-state index in [1.807, 2.05) is 0 Å². The number of fused-ring (bicyclic) bond motifs is 1. The van der Waals surface area contributed by atoms with Gasteiger partial charge >= 0.3 is 6.18 Å². The van der Waals surface area contributed by atoms with Gasteiger partial charge in [-0.25, -0.2) is 8.42 Å². The molecule has 1 saturated heterocycles. The number of carbonyl (C=O) groups is 6. The van der Waals surface area contributed by atoms with Crippen LogP contribution in [0.4, 0.5) is 30.2 Å². The highest BCUT2D eigenvalue weighted by atomic mass is 32.2. The number of rotatable bonds is 23. The van der Waals surface area contributed by atoms with Gasteiger partial charge in [-0.2, -0.15) is 18.4 Å². The Kier molecular flexibility index (Phi) is 17.3. The molecule has 66 heavy (non-hydrogen) atoms. The first-order valence-electron chi connectivity index (χ1n) is 20.6. The molecule has 2 aliphatic heterocycles. The lowest BCUT2D eigenvalue weighted by atomic mass is 10.0. The van der Waals surface area contributed by atoms with Gasteiger partial charge in [0.25, 0.3) is 11.8 Å². The number of nitriles is 1. The van der Waals surface area contributed by atoms with Crippen LogP contribution in [0.3, 0.4) is 0 Å². The molecule has 23 heteroatoms.